The first kappa shape index (κ1) is 17.9. The number of carbonyl (C=O) groups is 1. The number of nitrogens with one attached hydrogen (secondary N) is 1. The van der Waals surface area contributed by atoms with Gasteiger partial charge in [0.25, 0.3) is 5.91 Å². The van der Waals surface area contributed by atoms with Gasteiger partial charge in [0.05, 0.1) is 17.8 Å². The molecule has 0 aliphatic carbocycles. The van der Waals surface area contributed by atoms with Gasteiger partial charge in [-0.1, -0.05) is 13.0 Å². The molecule has 0 aromatic heterocycles. The van der Waals surface area contributed by atoms with Crippen LogP contribution in [0.15, 0.2) is 34.5 Å². The first-order chi connectivity index (χ1) is 11.3. The molecule has 0 spiro atoms. The zero-order valence-corrected chi connectivity index (χ0v) is 13.2. The molecule has 0 fully saturated rings. The third kappa shape index (κ3) is 4.31. The molecule has 0 atom stereocenters. The molecular formula is C15H17F3N4O2. The maximum absolute atomic E-state index is 12.9. The summed E-state index contributed by atoms with van der Waals surface area (Å²) in [5.41, 5.74) is 0.183. The summed E-state index contributed by atoms with van der Waals surface area (Å²) in [5, 5.41) is 10.4. The van der Waals surface area contributed by atoms with Gasteiger partial charge < -0.3 is 9.64 Å². The summed E-state index contributed by atoms with van der Waals surface area (Å²) in [7, 11) is 1.36. The lowest BCUT2D eigenvalue weighted by Gasteiger charge is -2.28. The van der Waals surface area contributed by atoms with E-state index < -0.39 is 17.6 Å². The van der Waals surface area contributed by atoms with E-state index in [0.29, 0.717) is 12.1 Å². The number of carbonyl (C=O) groups excluding carboxylic acids is 1. The van der Waals surface area contributed by atoms with E-state index in [1.165, 1.54) is 24.1 Å². The van der Waals surface area contributed by atoms with Gasteiger partial charge in [0, 0.05) is 12.8 Å². The number of amides is 1. The third-order valence-electron chi connectivity index (χ3n) is 3.30. The van der Waals surface area contributed by atoms with Gasteiger partial charge in [-0.2, -0.15) is 18.3 Å². The van der Waals surface area contributed by atoms with Crippen LogP contribution in [0.1, 0.15) is 18.9 Å². The van der Waals surface area contributed by atoms with Crippen LogP contribution >= 0.6 is 0 Å². The Kier molecular flexibility index (Phi) is 5.55. The highest BCUT2D eigenvalue weighted by atomic mass is 19.4. The van der Waals surface area contributed by atoms with Crippen LogP contribution in [0.4, 0.5) is 18.9 Å². The predicted molar refractivity (Wildman–Crippen MR) is 84.0 cm³/mol. The van der Waals surface area contributed by atoms with E-state index in [-0.39, 0.29) is 24.8 Å². The minimum atomic E-state index is -4.45. The molecule has 0 radical (unpaired) electrons. The molecule has 1 aromatic rings. The van der Waals surface area contributed by atoms with Crippen LogP contribution in [0.2, 0.25) is 0 Å². The number of guanidine groups is 1. The number of halogens is 3. The summed E-state index contributed by atoms with van der Waals surface area (Å²) in [6.45, 7) is 1.91. The molecule has 24 heavy (non-hydrogen) atoms. The van der Waals surface area contributed by atoms with Crippen molar-refractivity contribution in [3.05, 3.63) is 29.8 Å². The summed E-state index contributed by atoms with van der Waals surface area (Å²) in [5.74, 6) is -0.406. The number of benzene rings is 1. The topological polar surface area (TPSA) is 66.3 Å². The van der Waals surface area contributed by atoms with Gasteiger partial charge in [-0.05, 0) is 24.6 Å². The summed E-state index contributed by atoms with van der Waals surface area (Å²) >= 11 is 0. The van der Waals surface area contributed by atoms with Crippen molar-refractivity contribution in [1.29, 1.82) is 0 Å². The van der Waals surface area contributed by atoms with Gasteiger partial charge in [0.1, 0.15) is 6.61 Å². The highest BCUT2D eigenvalue weighted by Crippen LogP contribution is 2.32. The van der Waals surface area contributed by atoms with Crippen LogP contribution in [0.5, 0.6) is 0 Å². The lowest BCUT2D eigenvalue weighted by atomic mass is 10.1. The second-order valence-corrected chi connectivity index (χ2v) is 5.06. The third-order valence-corrected chi connectivity index (χ3v) is 3.30. The molecule has 1 heterocycles. The lowest BCUT2D eigenvalue weighted by molar-refractivity contribution is -0.137. The van der Waals surface area contributed by atoms with E-state index in [1.807, 2.05) is 6.92 Å². The zero-order chi connectivity index (χ0) is 17.7. The summed E-state index contributed by atoms with van der Waals surface area (Å²) < 4.78 is 43.5. The normalized spacial score (nSPS) is 15.0. The molecular weight excluding hydrogens is 325 g/mol. The average molecular weight is 342 g/mol. The number of alkyl halides is 3. The molecule has 0 bridgehead atoms. The highest BCUT2D eigenvalue weighted by molar-refractivity contribution is 6.10. The van der Waals surface area contributed by atoms with Crippen LogP contribution in [0, 0.1) is 0 Å². The molecule has 1 aromatic carbocycles. The van der Waals surface area contributed by atoms with Crippen molar-refractivity contribution in [3.63, 3.8) is 0 Å². The van der Waals surface area contributed by atoms with Crippen molar-refractivity contribution < 1.29 is 22.7 Å². The fraction of sp³-hybridized carbons (Fsp3) is 0.400. The van der Waals surface area contributed by atoms with Gasteiger partial charge in [-0.25, -0.2) is 0 Å². The van der Waals surface area contributed by atoms with E-state index in [2.05, 4.69) is 15.5 Å². The van der Waals surface area contributed by atoms with E-state index in [0.717, 1.165) is 12.1 Å². The largest absolute Gasteiger partial charge is 0.416 e. The van der Waals surface area contributed by atoms with Gasteiger partial charge in [-0.15, -0.1) is 5.10 Å². The standard InChI is InChI=1S/C15H17F3N4O2/c1-3-11-8-22(14(21-20-11)19-13(23)9-24-2)12-6-4-5-10(7-12)15(16,17)18/h4-7H,3,8-9H2,1-2H3,(H,19,21,23). The van der Waals surface area contributed by atoms with Gasteiger partial charge in [0.15, 0.2) is 0 Å². The Morgan fingerprint density at radius 2 is 2.12 bits per heavy atom. The average Bonchev–Trinajstić information content (AvgIpc) is 2.55. The summed E-state index contributed by atoms with van der Waals surface area (Å²) in [6, 6.07) is 4.83. The molecule has 1 aliphatic rings. The quantitative estimate of drug-likeness (QED) is 0.914. The second kappa shape index (κ2) is 7.43. The van der Waals surface area contributed by atoms with E-state index >= 15 is 0 Å². The van der Waals surface area contributed by atoms with Crippen molar-refractivity contribution in [2.45, 2.75) is 19.5 Å². The number of hydrogen-bond donors (Lipinski definition) is 1. The summed E-state index contributed by atoms with van der Waals surface area (Å²) in [4.78, 5) is 13.2. The Morgan fingerprint density at radius 3 is 2.75 bits per heavy atom. The van der Waals surface area contributed by atoms with Crippen molar-refractivity contribution in [3.8, 4) is 0 Å². The van der Waals surface area contributed by atoms with E-state index in [9.17, 15) is 18.0 Å². The molecule has 9 heteroatoms. The Labute approximate surface area is 137 Å². The molecule has 0 saturated heterocycles. The van der Waals surface area contributed by atoms with Crippen LogP contribution in [0.25, 0.3) is 0 Å². The summed E-state index contributed by atoms with van der Waals surface area (Å²) in [6.07, 6.45) is -3.86. The maximum atomic E-state index is 12.9. The predicted octanol–water partition coefficient (Wildman–Crippen LogP) is 2.41. The van der Waals surface area contributed by atoms with E-state index in [1.54, 1.807) is 0 Å². The van der Waals surface area contributed by atoms with Crippen molar-refractivity contribution in [2.75, 3.05) is 25.2 Å². The minimum absolute atomic E-state index is 0.0635. The molecule has 6 nitrogen and oxygen atoms in total. The Morgan fingerprint density at radius 1 is 1.38 bits per heavy atom. The highest BCUT2D eigenvalue weighted by Gasteiger charge is 2.31. The van der Waals surface area contributed by atoms with Crippen molar-refractivity contribution in [2.24, 2.45) is 10.2 Å². The Bertz CT molecular complexity index is 671. The number of nitrogens with zero attached hydrogens (tertiary/aromatic N) is 3. The lowest BCUT2D eigenvalue weighted by Crippen LogP contribution is -2.49. The van der Waals surface area contributed by atoms with Gasteiger partial charge in [0.2, 0.25) is 5.96 Å². The molecule has 2 rings (SSSR count). The van der Waals surface area contributed by atoms with E-state index in [4.69, 9.17) is 4.74 Å². The molecule has 1 amide bonds. The van der Waals surface area contributed by atoms with Gasteiger partial charge in [-0.3, -0.25) is 10.1 Å². The first-order valence-corrected chi connectivity index (χ1v) is 7.22. The number of ether oxygens (including phenoxy) is 1. The Hall–Kier alpha value is -2.42. The van der Waals surface area contributed by atoms with Crippen LogP contribution in [-0.4, -0.2) is 37.8 Å². The first-order valence-electron chi connectivity index (χ1n) is 7.22. The number of anilines is 1. The number of rotatable bonds is 4. The molecule has 1 N–H and O–H groups in total. The van der Waals surface area contributed by atoms with Crippen molar-refractivity contribution >= 4 is 23.3 Å². The minimum Gasteiger partial charge on any atom is -0.375 e. The zero-order valence-electron chi connectivity index (χ0n) is 13.2. The molecule has 0 saturated carbocycles. The van der Waals surface area contributed by atoms with Crippen molar-refractivity contribution in [1.82, 2.24) is 5.32 Å². The number of methoxy groups -OCH3 is 1. The number of hydrogen-bond acceptors (Lipinski definition) is 5. The fourth-order valence-electron chi connectivity index (χ4n) is 2.09. The fourth-order valence-corrected chi connectivity index (χ4v) is 2.09. The maximum Gasteiger partial charge on any atom is 0.416 e. The molecule has 130 valence electrons. The monoisotopic (exact) mass is 342 g/mol. The second-order valence-electron chi connectivity index (χ2n) is 5.06. The van der Waals surface area contributed by atoms with Crippen LogP contribution < -0.4 is 10.2 Å². The van der Waals surface area contributed by atoms with Crippen LogP contribution in [0.3, 0.4) is 0 Å². The molecule has 0 unspecified atom stereocenters. The van der Waals surface area contributed by atoms with Crippen LogP contribution in [-0.2, 0) is 15.7 Å². The smallest absolute Gasteiger partial charge is 0.375 e. The molecule has 1 aliphatic heterocycles. The SMILES string of the molecule is CCC1=NN=C(NC(=O)COC)N(c2cccc(C(F)(F)F)c2)C1. The Balaban J connectivity index is 2.33. The van der Waals surface area contributed by atoms with Gasteiger partial charge >= 0.3 is 6.18 Å².